The molecule has 0 aliphatic carbocycles. The lowest BCUT2D eigenvalue weighted by Gasteiger charge is -2.31. The van der Waals surface area contributed by atoms with Crippen molar-refractivity contribution in [3.63, 3.8) is 0 Å². The van der Waals surface area contributed by atoms with Crippen LogP contribution in [-0.4, -0.2) is 48.2 Å². The van der Waals surface area contributed by atoms with Crippen molar-refractivity contribution in [1.82, 2.24) is 4.90 Å². The van der Waals surface area contributed by atoms with Crippen LogP contribution < -0.4 is 0 Å². The van der Waals surface area contributed by atoms with Gasteiger partial charge < -0.3 is 14.7 Å². The lowest BCUT2D eigenvalue weighted by Crippen LogP contribution is -2.40. The number of rotatable bonds is 5. The standard InChI is InChI=1S/C12H19NO4/c1-2-17-9-10-4-3-7-13(8-10)11(14)5-6-12(15)16/h5-6,10H,2-4,7-9H2,1H3,(H,15,16)/b6-5+. The molecule has 1 rings (SSSR count). The van der Waals surface area contributed by atoms with Crippen molar-refractivity contribution in [2.75, 3.05) is 26.3 Å². The molecule has 0 aromatic carbocycles. The SMILES string of the molecule is CCOCC1CCCN(C(=O)/C=C/C(=O)O)C1. The molecule has 1 unspecified atom stereocenters. The number of aliphatic carboxylic acids is 1. The fourth-order valence-electron chi connectivity index (χ4n) is 1.93. The number of carboxylic acid groups (broad SMARTS) is 1. The summed E-state index contributed by atoms with van der Waals surface area (Å²) < 4.78 is 5.35. The first-order valence-corrected chi connectivity index (χ1v) is 5.91. The van der Waals surface area contributed by atoms with Gasteiger partial charge in [0.1, 0.15) is 0 Å². The maximum atomic E-state index is 11.7. The first-order chi connectivity index (χ1) is 8.13. The summed E-state index contributed by atoms with van der Waals surface area (Å²) in [5.74, 6) is -0.958. The fourth-order valence-corrected chi connectivity index (χ4v) is 1.93. The summed E-state index contributed by atoms with van der Waals surface area (Å²) in [5.41, 5.74) is 0. The molecule has 0 aromatic rings. The minimum absolute atomic E-state index is 0.228. The van der Waals surface area contributed by atoms with E-state index in [4.69, 9.17) is 9.84 Å². The number of likely N-dealkylation sites (tertiary alicyclic amines) is 1. The van der Waals surface area contributed by atoms with Gasteiger partial charge in [-0.3, -0.25) is 4.79 Å². The van der Waals surface area contributed by atoms with Crippen LogP contribution in [0.2, 0.25) is 0 Å². The van der Waals surface area contributed by atoms with Gasteiger partial charge in [-0.2, -0.15) is 0 Å². The highest BCUT2D eigenvalue weighted by molar-refractivity contribution is 5.93. The van der Waals surface area contributed by atoms with Gasteiger partial charge in [0.2, 0.25) is 5.91 Å². The van der Waals surface area contributed by atoms with Gasteiger partial charge >= 0.3 is 5.97 Å². The van der Waals surface area contributed by atoms with E-state index in [0.29, 0.717) is 32.2 Å². The molecule has 0 saturated carbocycles. The summed E-state index contributed by atoms with van der Waals surface area (Å²) in [4.78, 5) is 23.7. The van der Waals surface area contributed by atoms with E-state index < -0.39 is 5.97 Å². The van der Waals surface area contributed by atoms with Gasteiger partial charge in [-0.15, -0.1) is 0 Å². The van der Waals surface area contributed by atoms with Gasteiger partial charge in [0, 0.05) is 31.8 Å². The third-order valence-electron chi connectivity index (χ3n) is 2.76. The number of carbonyl (C=O) groups is 2. The molecule has 1 fully saturated rings. The Morgan fingerprint density at radius 2 is 2.24 bits per heavy atom. The molecule has 1 N–H and O–H groups in total. The zero-order valence-electron chi connectivity index (χ0n) is 10.1. The molecule has 0 spiro atoms. The van der Waals surface area contributed by atoms with E-state index in [1.165, 1.54) is 0 Å². The van der Waals surface area contributed by atoms with Crippen LogP contribution in [0.3, 0.4) is 0 Å². The van der Waals surface area contributed by atoms with Crippen LogP contribution in [0.15, 0.2) is 12.2 Å². The van der Waals surface area contributed by atoms with Crippen LogP contribution in [0.1, 0.15) is 19.8 Å². The quantitative estimate of drug-likeness (QED) is 0.726. The van der Waals surface area contributed by atoms with E-state index in [2.05, 4.69) is 0 Å². The number of ether oxygens (including phenoxy) is 1. The maximum Gasteiger partial charge on any atom is 0.328 e. The van der Waals surface area contributed by atoms with Gasteiger partial charge in [0.15, 0.2) is 0 Å². The molecule has 5 heteroatoms. The lowest BCUT2D eigenvalue weighted by atomic mass is 9.99. The summed E-state index contributed by atoms with van der Waals surface area (Å²) in [5, 5.41) is 8.45. The van der Waals surface area contributed by atoms with Crippen molar-refractivity contribution in [3.8, 4) is 0 Å². The Morgan fingerprint density at radius 1 is 1.47 bits per heavy atom. The van der Waals surface area contributed by atoms with E-state index >= 15 is 0 Å². The van der Waals surface area contributed by atoms with Crippen LogP contribution in [0.4, 0.5) is 0 Å². The molecule has 5 nitrogen and oxygen atoms in total. The summed E-state index contributed by atoms with van der Waals surface area (Å²) >= 11 is 0. The third kappa shape index (κ3) is 4.99. The molecule has 1 aliphatic rings. The summed E-state index contributed by atoms with van der Waals surface area (Å²) in [6, 6.07) is 0. The minimum Gasteiger partial charge on any atom is -0.478 e. The number of hydrogen-bond acceptors (Lipinski definition) is 3. The highest BCUT2D eigenvalue weighted by Crippen LogP contribution is 2.17. The molecule has 1 amide bonds. The first-order valence-electron chi connectivity index (χ1n) is 5.91. The second-order valence-corrected chi connectivity index (χ2v) is 4.12. The predicted molar refractivity (Wildman–Crippen MR) is 62.6 cm³/mol. The van der Waals surface area contributed by atoms with E-state index in [1.807, 2.05) is 6.92 Å². The molecule has 1 aliphatic heterocycles. The van der Waals surface area contributed by atoms with Gasteiger partial charge in [0.05, 0.1) is 6.61 Å². The Morgan fingerprint density at radius 3 is 2.88 bits per heavy atom. The number of carboxylic acids is 1. The monoisotopic (exact) mass is 241 g/mol. The Bertz CT molecular complexity index is 301. The molecule has 96 valence electrons. The Balaban J connectivity index is 2.42. The predicted octanol–water partition coefficient (Wildman–Crippen LogP) is 0.902. The number of nitrogens with zero attached hydrogens (tertiary/aromatic N) is 1. The fraction of sp³-hybridized carbons (Fsp3) is 0.667. The van der Waals surface area contributed by atoms with E-state index in [1.54, 1.807) is 4.90 Å². The second kappa shape index (κ2) is 7.06. The Hall–Kier alpha value is -1.36. The summed E-state index contributed by atoms with van der Waals surface area (Å²) in [6.07, 6.45) is 4.01. The molecular formula is C12H19NO4. The smallest absolute Gasteiger partial charge is 0.328 e. The lowest BCUT2D eigenvalue weighted by molar-refractivity contribution is -0.132. The molecular weight excluding hydrogens is 222 g/mol. The van der Waals surface area contributed by atoms with E-state index in [-0.39, 0.29) is 5.91 Å². The van der Waals surface area contributed by atoms with Crippen LogP contribution in [0, 0.1) is 5.92 Å². The van der Waals surface area contributed by atoms with Gasteiger partial charge in [-0.05, 0) is 25.7 Å². The van der Waals surface area contributed by atoms with Crippen molar-refractivity contribution in [1.29, 1.82) is 0 Å². The molecule has 0 aromatic heterocycles. The molecule has 0 radical (unpaired) electrons. The minimum atomic E-state index is -1.10. The zero-order valence-corrected chi connectivity index (χ0v) is 10.1. The van der Waals surface area contributed by atoms with Crippen molar-refractivity contribution in [3.05, 3.63) is 12.2 Å². The average molecular weight is 241 g/mol. The Labute approximate surface area is 101 Å². The van der Waals surface area contributed by atoms with Crippen LogP contribution >= 0.6 is 0 Å². The van der Waals surface area contributed by atoms with Gasteiger partial charge in [-0.1, -0.05) is 0 Å². The molecule has 1 saturated heterocycles. The summed E-state index contributed by atoms with van der Waals surface area (Å²) in [7, 11) is 0. The van der Waals surface area contributed by atoms with Crippen molar-refractivity contribution in [2.45, 2.75) is 19.8 Å². The van der Waals surface area contributed by atoms with Crippen LogP contribution in [-0.2, 0) is 14.3 Å². The highest BCUT2D eigenvalue weighted by atomic mass is 16.5. The van der Waals surface area contributed by atoms with Crippen molar-refractivity contribution >= 4 is 11.9 Å². The maximum absolute atomic E-state index is 11.7. The van der Waals surface area contributed by atoms with Crippen molar-refractivity contribution in [2.24, 2.45) is 5.92 Å². The number of amides is 1. The molecule has 1 atom stereocenters. The second-order valence-electron chi connectivity index (χ2n) is 4.12. The molecule has 1 heterocycles. The number of carbonyl (C=O) groups excluding carboxylic acids is 1. The van der Waals surface area contributed by atoms with E-state index in [9.17, 15) is 9.59 Å². The zero-order chi connectivity index (χ0) is 12.7. The number of piperidine rings is 1. The third-order valence-corrected chi connectivity index (χ3v) is 2.76. The van der Waals surface area contributed by atoms with Gasteiger partial charge in [-0.25, -0.2) is 4.79 Å². The highest BCUT2D eigenvalue weighted by Gasteiger charge is 2.22. The van der Waals surface area contributed by atoms with E-state index in [0.717, 1.165) is 25.0 Å². The summed E-state index contributed by atoms with van der Waals surface area (Å²) in [6.45, 7) is 4.65. The first kappa shape index (κ1) is 13.7. The van der Waals surface area contributed by atoms with Crippen molar-refractivity contribution < 1.29 is 19.4 Å². The molecule has 0 bridgehead atoms. The molecule has 17 heavy (non-hydrogen) atoms. The number of hydrogen-bond donors (Lipinski definition) is 1. The average Bonchev–Trinajstić information content (AvgIpc) is 2.33. The Kier molecular flexibility index (Phi) is 5.69. The van der Waals surface area contributed by atoms with Crippen LogP contribution in [0.25, 0.3) is 0 Å². The van der Waals surface area contributed by atoms with Gasteiger partial charge in [0.25, 0.3) is 0 Å². The van der Waals surface area contributed by atoms with Crippen LogP contribution in [0.5, 0.6) is 0 Å². The normalized spacial score (nSPS) is 20.8. The largest absolute Gasteiger partial charge is 0.478 e. The topological polar surface area (TPSA) is 66.8 Å².